The number of thiocarbonyl (C=S) groups is 1. The van der Waals surface area contributed by atoms with Crippen molar-refractivity contribution in [2.75, 3.05) is 25.0 Å². The third kappa shape index (κ3) is 6.16. The Labute approximate surface area is 168 Å². The summed E-state index contributed by atoms with van der Waals surface area (Å²) in [5.74, 6) is -2.41. The first-order valence-corrected chi connectivity index (χ1v) is 10.4. The Morgan fingerprint density at radius 3 is 2.33 bits per heavy atom. The number of thioether (sulfide) groups is 1. The van der Waals surface area contributed by atoms with Gasteiger partial charge in [0.15, 0.2) is 5.11 Å². The summed E-state index contributed by atoms with van der Waals surface area (Å²) >= 11 is 5.96. The average Bonchev–Trinajstić information content (AvgIpc) is 3.18. The zero-order valence-corrected chi connectivity index (χ0v) is 16.6. The molecular weight excluding hydrogens is 384 g/mol. The van der Waals surface area contributed by atoms with Crippen molar-refractivity contribution in [2.45, 2.75) is 29.5 Å². The fourth-order valence-electron chi connectivity index (χ4n) is 3.45. The van der Waals surface area contributed by atoms with Gasteiger partial charge in [-0.3, -0.25) is 0 Å². The summed E-state index contributed by atoms with van der Waals surface area (Å²) in [5.41, 5.74) is 2.11. The lowest BCUT2D eigenvalue weighted by atomic mass is 10.1. The van der Waals surface area contributed by atoms with Gasteiger partial charge in [-0.05, 0) is 36.5 Å². The van der Waals surface area contributed by atoms with Crippen LogP contribution in [0.4, 0.5) is 14.5 Å². The topological polar surface area (TPSA) is 28.5 Å². The summed E-state index contributed by atoms with van der Waals surface area (Å²) in [5, 5.41) is 7.01. The number of hydrogen-bond donors (Lipinski definition) is 3. The summed E-state index contributed by atoms with van der Waals surface area (Å²) in [7, 11) is 0. The van der Waals surface area contributed by atoms with Gasteiger partial charge in [0, 0.05) is 29.0 Å². The number of anilines is 1. The third-order valence-corrected chi connectivity index (χ3v) is 5.71. The first-order chi connectivity index (χ1) is 13.1. The minimum absolute atomic E-state index is 0.360. The molecule has 3 nitrogen and oxygen atoms in total. The van der Waals surface area contributed by atoms with Crippen LogP contribution >= 0.6 is 24.0 Å². The van der Waals surface area contributed by atoms with Gasteiger partial charge >= 0.3 is 0 Å². The molecule has 1 atom stereocenters. The van der Waals surface area contributed by atoms with Gasteiger partial charge < -0.3 is 15.5 Å². The van der Waals surface area contributed by atoms with Crippen molar-refractivity contribution in [2.24, 2.45) is 0 Å². The van der Waals surface area contributed by atoms with Gasteiger partial charge in [-0.25, -0.2) is 0 Å². The third-order valence-electron chi connectivity index (χ3n) is 4.74. The Balaban J connectivity index is 1.56. The lowest BCUT2D eigenvalue weighted by molar-refractivity contribution is -0.918. The number of hydrogen-bond acceptors (Lipinski definition) is 2. The maximum Gasteiger partial charge on any atom is 0.288 e. The number of likely N-dealkylation sites (tertiary alicyclic amines) is 1. The first kappa shape index (κ1) is 20.0. The summed E-state index contributed by atoms with van der Waals surface area (Å²) in [6.45, 7) is 3.12. The molecular formula is C20H24F2N3S2+. The van der Waals surface area contributed by atoms with Crippen LogP contribution < -0.4 is 15.5 Å². The Kier molecular flexibility index (Phi) is 7.43. The molecule has 27 heavy (non-hydrogen) atoms. The maximum atomic E-state index is 12.4. The second-order valence-electron chi connectivity index (χ2n) is 6.57. The molecule has 144 valence electrons. The van der Waals surface area contributed by atoms with Crippen molar-refractivity contribution in [1.29, 1.82) is 0 Å². The molecule has 0 spiro atoms. The van der Waals surface area contributed by atoms with Crippen LogP contribution in [0, 0.1) is 0 Å². The van der Waals surface area contributed by atoms with E-state index in [1.54, 1.807) is 29.2 Å². The molecule has 3 N–H and O–H groups in total. The van der Waals surface area contributed by atoms with E-state index in [-0.39, 0.29) is 0 Å². The minimum Gasteiger partial charge on any atom is -0.356 e. The smallest absolute Gasteiger partial charge is 0.288 e. The molecule has 0 bridgehead atoms. The molecule has 0 amide bonds. The SMILES string of the molecule is FC(F)Sc1ccc(NC(=S)NC[C@H](c2ccccc2)[NH+]2CCCC2)cc1. The van der Waals surface area contributed by atoms with Gasteiger partial charge in [0.1, 0.15) is 6.04 Å². The van der Waals surface area contributed by atoms with Crippen molar-refractivity contribution >= 4 is 34.8 Å². The van der Waals surface area contributed by atoms with Gasteiger partial charge in [-0.2, -0.15) is 8.78 Å². The van der Waals surface area contributed by atoms with E-state index in [2.05, 4.69) is 34.9 Å². The Hall–Kier alpha value is -1.70. The molecule has 0 aromatic heterocycles. The normalized spacial score (nSPS) is 15.7. The molecule has 2 aromatic rings. The van der Waals surface area contributed by atoms with E-state index in [1.165, 1.54) is 31.5 Å². The van der Waals surface area contributed by atoms with E-state index in [0.717, 1.165) is 12.2 Å². The van der Waals surface area contributed by atoms with E-state index >= 15 is 0 Å². The van der Waals surface area contributed by atoms with E-state index < -0.39 is 5.76 Å². The molecule has 1 heterocycles. The van der Waals surface area contributed by atoms with Crippen LogP contribution in [0.3, 0.4) is 0 Å². The van der Waals surface area contributed by atoms with Crippen molar-refractivity contribution < 1.29 is 13.7 Å². The van der Waals surface area contributed by atoms with Crippen LogP contribution in [0.5, 0.6) is 0 Å². The van der Waals surface area contributed by atoms with E-state index in [9.17, 15) is 8.78 Å². The van der Waals surface area contributed by atoms with Crippen molar-refractivity contribution in [3.05, 3.63) is 60.2 Å². The summed E-state index contributed by atoms with van der Waals surface area (Å²) in [6, 6.07) is 17.8. The molecule has 0 aliphatic carbocycles. The Morgan fingerprint density at radius 1 is 1.04 bits per heavy atom. The molecule has 2 aromatic carbocycles. The predicted molar refractivity (Wildman–Crippen MR) is 112 cm³/mol. The van der Waals surface area contributed by atoms with Crippen LogP contribution in [0.2, 0.25) is 0 Å². The van der Waals surface area contributed by atoms with E-state index in [0.29, 0.717) is 27.8 Å². The molecule has 3 rings (SSSR count). The number of rotatable bonds is 7. The lowest BCUT2D eigenvalue weighted by Crippen LogP contribution is -3.11. The second-order valence-corrected chi connectivity index (χ2v) is 8.04. The molecule has 0 radical (unpaired) electrons. The van der Waals surface area contributed by atoms with E-state index in [1.807, 2.05) is 6.07 Å². The summed E-state index contributed by atoms with van der Waals surface area (Å²) < 4.78 is 24.8. The van der Waals surface area contributed by atoms with Crippen LogP contribution in [-0.4, -0.2) is 30.5 Å². The fourth-order valence-corrected chi connectivity index (χ4v) is 4.15. The van der Waals surface area contributed by atoms with Gasteiger partial charge in [0.05, 0.1) is 19.6 Å². The second kappa shape index (κ2) is 10.0. The van der Waals surface area contributed by atoms with Crippen LogP contribution in [0.15, 0.2) is 59.5 Å². The Morgan fingerprint density at radius 2 is 1.70 bits per heavy atom. The van der Waals surface area contributed by atoms with Crippen LogP contribution in [0.25, 0.3) is 0 Å². The number of halogens is 2. The van der Waals surface area contributed by atoms with Crippen LogP contribution in [-0.2, 0) is 0 Å². The van der Waals surface area contributed by atoms with Crippen LogP contribution in [0.1, 0.15) is 24.4 Å². The predicted octanol–water partition coefficient (Wildman–Crippen LogP) is 3.71. The highest BCUT2D eigenvalue weighted by molar-refractivity contribution is 7.99. The zero-order valence-electron chi connectivity index (χ0n) is 15.0. The molecule has 1 aliphatic rings. The van der Waals surface area contributed by atoms with Gasteiger partial charge in [0.25, 0.3) is 5.76 Å². The highest BCUT2D eigenvalue weighted by Crippen LogP contribution is 2.26. The minimum atomic E-state index is -2.41. The number of alkyl halides is 2. The largest absolute Gasteiger partial charge is 0.356 e. The monoisotopic (exact) mass is 408 g/mol. The number of nitrogens with one attached hydrogen (secondary N) is 3. The van der Waals surface area contributed by atoms with E-state index in [4.69, 9.17) is 12.2 Å². The lowest BCUT2D eigenvalue weighted by Gasteiger charge is -2.26. The highest BCUT2D eigenvalue weighted by Gasteiger charge is 2.27. The number of benzene rings is 2. The van der Waals surface area contributed by atoms with Crippen molar-refractivity contribution in [3.8, 4) is 0 Å². The molecule has 0 unspecified atom stereocenters. The molecule has 1 aliphatic heterocycles. The zero-order chi connectivity index (χ0) is 19.1. The fraction of sp³-hybridized carbons (Fsp3) is 0.350. The standard InChI is InChI=1S/C20H23F2N3S2/c21-19(22)27-17-10-8-16(9-11-17)24-20(26)23-14-18(25-12-4-5-13-25)15-6-2-1-3-7-15/h1-3,6-11,18-19H,4-5,12-14H2,(H2,23,24,26)/p+1/t18-/m1/s1. The highest BCUT2D eigenvalue weighted by atomic mass is 32.2. The first-order valence-electron chi connectivity index (χ1n) is 9.11. The van der Waals surface area contributed by atoms with Gasteiger partial charge in [0.2, 0.25) is 0 Å². The quantitative estimate of drug-likeness (QED) is 0.481. The molecule has 1 fully saturated rings. The van der Waals surface area contributed by atoms with Gasteiger partial charge in [-0.1, -0.05) is 42.1 Å². The van der Waals surface area contributed by atoms with Crippen molar-refractivity contribution in [3.63, 3.8) is 0 Å². The molecule has 7 heteroatoms. The summed E-state index contributed by atoms with van der Waals surface area (Å²) in [6.07, 6.45) is 2.54. The average molecular weight is 409 g/mol. The Bertz CT molecular complexity index is 720. The van der Waals surface area contributed by atoms with Gasteiger partial charge in [-0.15, -0.1) is 0 Å². The van der Waals surface area contributed by atoms with Crippen molar-refractivity contribution in [1.82, 2.24) is 5.32 Å². The molecule has 0 saturated carbocycles. The summed E-state index contributed by atoms with van der Waals surface area (Å²) in [4.78, 5) is 2.13. The number of quaternary nitrogens is 1. The maximum absolute atomic E-state index is 12.4. The molecule has 1 saturated heterocycles.